The van der Waals surface area contributed by atoms with Crippen molar-refractivity contribution in [2.75, 3.05) is 13.1 Å². The molecule has 2 rings (SSSR count). The fourth-order valence-corrected chi connectivity index (χ4v) is 3.55. The highest BCUT2D eigenvalue weighted by molar-refractivity contribution is 4.82. The Balaban J connectivity index is 1.62. The number of nitrogens with one attached hydrogen (secondary N) is 1. The maximum Gasteiger partial charge on any atom is 0.000527 e. The fraction of sp³-hybridized carbons (Fsp3) is 1.00. The summed E-state index contributed by atoms with van der Waals surface area (Å²) >= 11 is 0. The van der Waals surface area contributed by atoms with E-state index in [-0.39, 0.29) is 0 Å². The molecule has 0 spiro atoms. The lowest BCUT2D eigenvalue weighted by atomic mass is 9.88. The van der Waals surface area contributed by atoms with Gasteiger partial charge in [-0.25, -0.2) is 0 Å². The molecule has 1 N–H and O–H groups in total. The largest absolute Gasteiger partial charge is 0.316 e. The SMILES string of the molecule is CC1(CNCC2CCCCCC2)CCCC1. The highest BCUT2D eigenvalue weighted by Crippen LogP contribution is 2.36. The van der Waals surface area contributed by atoms with E-state index in [1.807, 2.05) is 0 Å². The van der Waals surface area contributed by atoms with Gasteiger partial charge in [-0.1, -0.05) is 45.4 Å². The Morgan fingerprint density at radius 3 is 2.19 bits per heavy atom. The molecule has 16 heavy (non-hydrogen) atoms. The summed E-state index contributed by atoms with van der Waals surface area (Å²) in [6.45, 7) is 5.03. The quantitative estimate of drug-likeness (QED) is 0.707. The Morgan fingerprint density at radius 1 is 0.938 bits per heavy atom. The van der Waals surface area contributed by atoms with Crippen LogP contribution in [0.5, 0.6) is 0 Å². The van der Waals surface area contributed by atoms with Crippen molar-refractivity contribution in [1.82, 2.24) is 5.32 Å². The molecule has 0 radical (unpaired) electrons. The average molecular weight is 223 g/mol. The van der Waals surface area contributed by atoms with Crippen LogP contribution in [0.1, 0.15) is 71.1 Å². The standard InChI is InChI=1S/C15H29N/c1-15(10-6-7-11-15)13-16-12-14-8-4-2-3-5-9-14/h14,16H,2-13H2,1H3. The van der Waals surface area contributed by atoms with Crippen molar-refractivity contribution in [1.29, 1.82) is 0 Å². The van der Waals surface area contributed by atoms with Gasteiger partial charge in [-0.2, -0.15) is 0 Å². The van der Waals surface area contributed by atoms with Gasteiger partial charge in [0.15, 0.2) is 0 Å². The number of hydrogen-bond donors (Lipinski definition) is 1. The van der Waals surface area contributed by atoms with Crippen molar-refractivity contribution in [3.63, 3.8) is 0 Å². The molecular formula is C15H29N. The molecule has 0 aromatic carbocycles. The molecule has 0 aromatic heterocycles. The summed E-state index contributed by atoms with van der Waals surface area (Å²) in [4.78, 5) is 0. The Bertz CT molecular complexity index is 186. The molecule has 0 heterocycles. The summed E-state index contributed by atoms with van der Waals surface area (Å²) in [5.41, 5.74) is 0.630. The third-order valence-corrected chi connectivity index (χ3v) is 4.77. The third kappa shape index (κ3) is 3.76. The lowest BCUT2D eigenvalue weighted by molar-refractivity contribution is 0.298. The van der Waals surface area contributed by atoms with Crippen LogP contribution in [0.3, 0.4) is 0 Å². The minimum Gasteiger partial charge on any atom is -0.316 e. The van der Waals surface area contributed by atoms with Crippen molar-refractivity contribution < 1.29 is 0 Å². The second kappa shape index (κ2) is 6.05. The van der Waals surface area contributed by atoms with E-state index in [2.05, 4.69) is 12.2 Å². The van der Waals surface area contributed by atoms with Crippen molar-refractivity contribution in [3.05, 3.63) is 0 Å². The minimum absolute atomic E-state index is 0.630. The molecule has 0 amide bonds. The zero-order chi connectivity index (χ0) is 11.3. The van der Waals surface area contributed by atoms with Crippen LogP contribution in [-0.2, 0) is 0 Å². The summed E-state index contributed by atoms with van der Waals surface area (Å²) < 4.78 is 0. The monoisotopic (exact) mass is 223 g/mol. The Morgan fingerprint density at radius 2 is 1.56 bits per heavy atom. The second-order valence-electron chi connectivity index (χ2n) is 6.51. The number of hydrogen-bond acceptors (Lipinski definition) is 1. The van der Waals surface area contributed by atoms with Gasteiger partial charge in [0.25, 0.3) is 0 Å². The fourth-order valence-electron chi connectivity index (χ4n) is 3.55. The first-order chi connectivity index (χ1) is 7.79. The molecule has 94 valence electrons. The Kier molecular flexibility index (Phi) is 4.69. The van der Waals surface area contributed by atoms with Crippen molar-refractivity contribution in [2.24, 2.45) is 11.3 Å². The molecule has 0 atom stereocenters. The second-order valence-corrected chi connectivity index (χ2v) is 6.51. The Hall–Kier alpha value is -0.0400. The minimum atomic E-state index is 0.630. The van der Waals surface area contributed by atoms with Gasteiger partial charge in [-0.15, -0.1) is 0 Å². The van der Waals surface area contributed by atoms with E-state index in [0.717, 1.165) is 5.92 Å². The Labute approximate surface area is 101 Å². The maximum atomic E-state index is 3.77. The van der Waals surface area contributed by atoms with Crippen molar-refractivity contribution in [2.45, 2.75) is 71.1 Å². The maximum absolute atomic E-state index is 3.77. The smallest absolute Gasteiger partial charge is 0.000527 e. The van der Waals surface area contributed by atoms with Crippen LogP contribution in [0.15, 0.2) is 0 Å². The van der Waals surface area contributed by atoms with Gasteiger partial charge in [0.05, 0.1) is 0 Å². The molecule has 0 saturated heterocycles. The van der Waals surface area contributed by atoms with Crippen molar-refractivity contribution >= 4 is 0 Å². The summed E-state index contributed by atoms with van der Waals surface area (Å²) in [5.74, 6) is 0.979. The highest BCUT2D eigenvalue weighted by atomic mass is 14.9. The zero-order valence-corrected chi connectivity index (χ0v) is 11.1. The van der Waals surface area contributed by atoms with Crippen LogP contribution in [0.25, 0.3) is 0 Å². The summed E-state index contributed by atoms with van der Waals surface area (Å²) in [5, 5.41) is 3.77. The normalized spacial score (nSPS) is 26.8. The van der Waals surface area contributed by atoms with E-state index in [1.54, 1.807) is 0 Å². The van der Waals surface area contributed by atoms with E-state index >= 15 is 0 Å². The van der Waals surface area contributed by atoms with E-state index in [4.69, 9.17) is 0 Å². The molecule has 0 unspecified atom stereocenters. The van der Waals surface area contributed by atoms with Gasteiger partial charge < -0.3 is 5.32 Å². The lowest BCUT2D eigenvalue weighted by Gasteiger charge is -2.25. The van der Waals surface area contributed by atoms with Gasteiger partial charge in [0.1, 0.15) is 0 Å². The van der Waals surface area contributed by atoms with Crippen LogP contribution >= 0.6 is 0 Å². The molecule has 2 aliphatic carbocycles. The molecule has 1 heteroatoms. The number of rotatable bonds is 4. The van der Waals surface area contributed by atoms with E-state index in [1.165, 1.54) is 77.3 Å². The zero-order valence-electron chi connectivity index (χ0n) is 11.1. The molecule has 0 aliphatic heterocycles. The van der Waals surface area contributed by atoms with Gasteiger partial charge in [-0.05, 0) is 43.6 Å². The van der Waals surface area contributed by atoms with Crippen LogP contribution in [0, 0.1) is 11.3 Å². The first kappa shape index (κ1) is 12.4. The van der Waals surface area contributed by atoms with Gasteiger partial charge >= 0.3 is 0 Å². The predicted molar refractivity (Wildman–Crippen MR) is 70.6 cm³/mol. The molecule has 2 fully saturated rings. The molecule has 0 aromatic rings. The average Bonchev–Trinajstić information content (AvgIpc) is 2.53. The lowest BCUT2D eigenvalue weighted by Crippen LogP contribution is -2.32. The first-order valence-corrected chi connectivity index (χ1v) is 7.49. The summed E-state index contributed by atoms with van der Waals surface area (Å²) in [7, 11) is 0. The molecule has 1 nitrogen and oxygen atoms in total. The highest BCUT2D eigenvalue weighted by Gasteiger charge is 2.28. The molecular weight excluding hydrogens is 194 g/mol. The van der Waals surface area contributed by atoms with Crippen molar-refractivity contribution in [3.8, 4) is 0 Å². The molecule has 2 saturated carbocycles. The first-order valence-electron chi connectivity index (χ1n) is 7.49. The summed E-state index contributed by atoms with van der Waals surface area (Å²) in [6.07, 6.45) is 14.7. The van der Waals surface area contributed by atoms with Crippen LogP contribution in [0.4, 0.5) is 0 Å². The van der Waals surface area contributed by atoms with Crippen LogP contribution in [0.2, 0.25) is 0 Å². The van der Waals surface area contributed by atoms with Crippen LogP contribution in [-0.4, -0.2) is 13.1 Å². The van der Waals surface area contributed by atoms with Gasteiger partial charge in [0.2, 0.25) is 0 Å². The molecule has 0 bridgehead atoms. The third-order valence-electron chi connectivity index (χ3n) is 4.77. The van der Waals surface area contributed by atoms with E-state index in [0.29, 0.717) is 5.41 Å². The predicted octanol–water partition coefficient (Wildman–Crippen LogP) is 4.13. The topological polar surface area (TPSA) is 12.0 Å². The van der Waals surface area contributed by atoms with Crippen LogP contribution < -0.4 is 5.32 Å². The molecule has 2 aliphatic rings. The van der Waals surface area contributed by atoms with Gasteiger partial charge in [0, 0.05) is 6.54 Å². The van der Waals surface area contributed by atoms with E-state index < -0.39 is 0 Å². The van der Waals surface area contributed by atoms with Gasteiger partial charge in [-0.3, -0.25) is 0 Å². The van der Waals surface area contributed by atoms with E-state index in [9.17, 15) is 0 Å². The summed E-state index contributed by atoms with van der Waals surface area (Å²) in [6, 6.07) is 0.